The number of thioether (sulfide) groups is 1. The summed E-state index contributed by atoms with van der Waals surface area (Å²) in [6, 6.07) is 7.76. The molecule has 0 spiro atoms. The van der Waals surface area contributed by atoms with Crippen LogP contribution in [0, 0.1) is 6.92 Å². The van der Waals surface area contributed by atoms with E-state index >= 15 is 0 Å². The van der Waals surface area contributed by atoms with Crippen molar-refractivity contribution < 1.29 is 24.5 Å². The number of nitrogens with zero attached hydrogens (tertiary/aromatic N) is 6. The van der Waals surface area contributed by atoms with Crippen LogP contribution in [0.5, 0.6) is 0 Å². The molecule has 3 aromatic rings. The molecule has 3 heterocycles. The van der Waals surface area contributed by atoms with Gasteiger partial charge in [-0.1, -0.05) is 35.1 Å². The molecule has 1 aliphatic heterocycles. The average molecular weight is 421 g/mol. The number of rotatable bonds is 6. The summed E-state index contributed by atoms with van der Waals surface area (Å²) in [7, 11) is 0. The van der Waals surface area contributed by atoms with E-state index in [1.54, 1.807) is 4.68 Å². The molecule has 0 amide bonds. The molecule has 4 atom stereocenters. The molecule has 0 unspecified atom stereocenters. The van der Waals surface area contributed by atoms with E-state index in [4.69, 9.17) is 9.15 Å². The number of aliphatic hydroxyl groups is 3. The standard InChI is InChI=1S/C16H19N7O5S/c1-8-4-2-3-5-9(8)23-16(20-21-22-23)29-7-11-18-19-15(28-11)17-14-13(26)12(25)10(24)6-27-14/h2-5,10,12-14,24-26H,6-7H2,1H3,(H,17,19)/t10-,12+,13-,14-/m1/s1. The summed E-state index contributed by atoms with van der Waals surface area (Å²) in [4.78, 5) is 0. The number of ether oxygens (including phenoxy) is 1. The van der Waals surface area contributed by atoms with Crippen molar-refractivity contribution in [2.75, 3.05) is 11.9 Å². The molecule has 4 rings (SSSR count). The fourth-order valence-corrected chi connectivity index (χ4v) is 3.49. The summed E-state index contributed by atoms with van der Waals surface area (Å²) in [6.07, 6.45) is -4.82. The SMILES string of the molecule is Cc1ccccc1-n1nnnc1SCc1nnc(N[C@@H]2OC[C@@H](O)[C@H](O)[C@H]2O)o1. The predicted octanol–water partition coefficient (Wildman–Crippen LogP) is -0.503. The van der Waals surface area contributed by atoms with Gasteiger partial charge in [0.1, 0.15) is 18.3 Å². The van der Waals surface area contributed by atoms with Crippen molar-refractivity contribution in [3.8, 4) is 5.69 Å². The number of aryl methyl sites for hydroxylation is 1. The van der Waals surface area contributed by atoms with Crippen LogP contribution in [0.4, 0.5) is 6.01 Å². The Labute approximate surface area is 168 Å². The Hall–Kier alpha value is -2.58. The monoisotopic (exact) mass is 421 g/mol. The van der Waals surface area contributed by atoms with Crippen molar-refractivity contribution in [2.24, 2.45) is 0 Å². The molecule has 1 aliphatic rings. The maximum Gasteiger partial charge on any atom is 0.317 e. The molecular formula is C16H19N7O5S. The number of para-hydroxylation sites is 1. The summed E-state index contributed by atoms with van der Waals surface area (Å²) in [6.45, 7) is 1.84. The second-order valence-corrected chi connectivity index (χ2v) is 7.34. The summed E-state index contributed by atoms with van der Waals surface area (Å²) < 4.78 is 12.4. The van der Waals surface area contributed by atoms with Gasteiger partial charge in [-0.2, -0.15) is 4.68 Å². The summed E-state index contributed by atoms with van der Waals surface area (Å²) in [5.41, 5.74) is 1.90. The van der Waals surface area contributed by atoms with Gasteiger partial charge in [0, 0.05) is 0 Å². The fraction of sp³-hybridized carbons (Fsp3) is 0.438. The first kappa shape index (κ1) is 19.7. The third-order valence-electron chi connectivity index (χ3n) is 4.34. The minimum Gasteiger partial charge on any atom is -0.407 e. The van der Waals surface area contributed by atoms with Crippen LogP contribution in [0.3, 0.4) is 0 Å². The molecule has 12 nitrogen and oxygen atoms in total. The molecule has 2 aromatic heterocycles. The maximum atomic E-state index is 9.95. The molecule has 0 aliphatic carbocycles. The molecule has 0 bridgehead atoms. The van der Waals surface area contributed by atoms with Crippen LogP contribution in [0.1, 0.15) is 11.5 Å². The van der Waals surface area contributed by atoms with E-state index in [9.17, 15) is 15.3 Å². The van der Waals surface area contributed by atoms with Crippen LogP contribution in [-0.4, -0.2) is 76.9 Å². The van der Waals surface area contributed by atoms with E-state index in [0.29, 0.717) is 16.8 Å². The number of nitrogens with one attached hydrogen (secondary N) is 1. The van der Waals surface area contributed by atoms with E-state index < -0.39 is 24.5 Å². The largest absolute Gasteiger partial charge is 0.407 e. The number of anilines is 1. The number of aromatic nitrogens is 6. The highest BCUT2D eigenvalue weighted by molar-refractivity contribution is 7.98. The van der Waals surface area contributed by atoms with Gasteiger partial charge in [0.15, 0.2) is 6.23 Å². The fourth-order valence-electron chi connectivity index (χ4n) is 2.77. The molecule has 154 valence electrons. The number of hydrogen-bond acceptors (Lipinski definition) is 12. The van der Waals surface area contributed by atoms with E-state index in [1.807, 2.05) is 31.2 Å². The molecule has 13 heteroatoms. The Morgan fingerprint density at radius 2 is 2.00 bits per heavy atom. The Balaban J connectivity index is 1.39. The lowest BCUT2D eigenvalue weighted by Crippen LogP contribution is -2.55. The Morgan fingerprint density at radius 3 is 2.83 bits per heavy atom. The van der Waals surface area contributed by atoms with Crippen LogP contribution < -0.4 is 5.32 Å². The quantitative estimate of drug-likeness (QED) is 0.378. The molecule has 4 N–H and O–H groups in total. The van der Waals surface area contributed by atoms with Crippen LogP contribution >= 0.6 is 11.8 Å². The Kier molecular flexibility index (Phi) is 5.73. The Bertz CT molecular complexity index is 967. The van der Waals surface area contributed by atoms with Gasteiger partial charge in [-0.3, -0.25) is 0 Å². The third kappa shape index (κ3) is 4.23. The van der Waals surface area contributed by atoms with Crippen molar-refractivity contribution in [3.63, 3.8) is 0 Å². The molecule has 0 saturated carbocycles. The maximum absolute atomic E-state index is 9.95. The van der Waals surface area contributed by atoms with Crippen LogP contribution in [0.15, 0.2) is 33.8 Å². The minimum absolute atomic E-state index is 0.0201. The van der Waals surface area contributed by atoms with Gasteiger partial charge in [0.2, 0.25) is 11.0 Å². The number of benzene rings is 1. The highest BCUT2D eigenvalue weighted by Crippen LogP contribution is 2.24. The summed E-state index contributed by atoms with van der Waals surface area (Å²) in [5, 5.41) is 52.0. The van der Waals surface area contributed by atoms with Crippen LogP contribution in [-0.2, 0) is 10.5 Å². The van der Waals surface area contributed by atoms with Crippen molar-refractivity contribution in [2.45, 2.75) is 42.4 Å². The smallest absolute Gasteiger partial charge is 0.317 e. The van der Waals surface area contributed by atoms with E-state index in [-0.39, 0.29) is 12.6 Å². The van der Waals surface area contributed by atoms with E-state index in [1.165, 1.54) is 11.8 Å². The second kappa shape index (κ2) is 8.42. The molecule has 29 heavy (non-hydrogen) atoms. The van der Waals surface area contributed by atoms with Gasteiger partial charge in [0.05, 0.1) is 18.0 Å². The van der Waals surface area contributed by atoms with E-state index in [2.05, 4.69) is 31.0 Å². The summed E-state index contributed by atoms with van der Waals surface area (Å²) in [5.74, 6) is 0.624. The topological polar surface area (TPSA) is 164 Å². The number of tetrazole rings is 1. The van der Waals surface area contributed by atoms with Gasteiger partial charge in [0.25, 0.3) is 0 Å². The number of aliphatic hydroxyl groups excluding tert-OH is 3. The molecule has 1 saturated heterocycles. The molecule has 1 aromatic carbocycles. The average Bonchev–Trinajstić information content (AvgIpc) is 3.36. The van der Waals surface area contributed by atoms with Crippen molar-refractivity contribution in [1.29, 1.82) is 0 Å². The van der Waals surface area contributed by atoms with E-state index in [0.717, 1.165) is 11.3 Å². The number of hydrogen-bond donors (Lipinski definition) is 4. The predicted molar refractivity (Wildman–Crippen MR) is 99.1 cm³/mol. The van der Waals surface area contributed by atoms with Crippen LogP contribution in [0.2, 0.25) is 0 Å². The zero-order chi connectivity index (χ0) is 20.4. The first-order valence-electron chi connectivity index (χ1n) is 8.75. The Morgan fingerprint density at radius 1 is 1.17 bits per heavy atom. The van der Waals surface area contributed by atoms with Gasteiger partial charge in [-0.05, 0) is 29.0 Å². The normalized spacial score (nSPS) is 24.6. The van der Waals surface area contributed by atoms with Gasteiger partial charge < -0.3 is 29.8 Å². The highest BCUT2D eigenvalue weighted by Gasteiger charge is 2.38. The first-order chi connectivity index (χ1) is 14.0. The van der Waals surface area contributed by atoms with Crippen molar-refractivity contribution in [3.05, 3.63) is 35.7 Å². The second-order valence-electron chi connectivity index (χ2n) is 6.40. The molecular weight excluding hydrogens is 402 g/mol. The van der Waals surface area contributed by atoms with Gasteiger partial charge in [-0.15, -0.1) is 10.2 Å². The van der Waals surface area contributed by atoms with Gasteiger partial charge in [-0.25, -0.2) is 0 Å². The highest BCUT2D eigenvalue weighted by atomic mass is 32.2. The van der Waals surface area contributed by atoms with Crippen molar-refractivity contribution >= 4 is 17.8 Å². The minimum atomic E-state index is -1.35. The lowest BCUT2D eigenvalue weighted by molar-refractivity contribution is -0.179. The zero-order valence-electron chi connectivity index (χ0n) is 15.3. The van der Waals surface area contributed by atoms with Gasteiger partial charge >= 0.3 is 6.01 Å². The van der Waals surface area contributed by atoms with Crippen LogP contribution in [0.25, 0.3) is 5.69 Å². The lowest BCUT2D eigenvalue weighted by Gasteiger charge is -2.34. The molecule has 1 fully saturated rings. The van der Waals surface area contributed by atoms with Crippen molar-refractivity contribution in [1.82, 2.24) is 30.4 Å². The summed E-state index contributed by atoms with van der Waals surface area (Å²) >= 11 is 1.32. The lowest BCUT2D eigenvalue weighted by atomic mass is 10.0. The molecule has 0 radical (unpaired) electrons. The zero-order valence-corrected chi connectivity index (χ0v) is 16.1. The third-order valence-corrected chi connectivity index (χ3v) is 5.25. The first-order valence-corrected chi connectivity index (χ1v) is 9.73.